The van der Waals surface area contributed by atoms with Gasteiger partial charge in [0.15, 0.2) is 17.5 Å². The van der Waals surface area contributed by atoms with Crippen LogP contribution in [0.1, 0.15) is 12.5 Å². The Balaban J connectivity index is 1.99. The van der Waals surface area contributed by atoms with Gasteiger partial charge in [0.25, 0.3) is 0 Å². The summed E-state index contributed by atoms with van der Waals surface area (Å²) in [6, 6.07) is 11.3. The van der Waals surface area contributed by atoms with Crippen molar-refractivity contribution in [3.63, 3.8) is 0 Å². The van der Waals surface area contributed by atoms with Crippen LogP contribution in [-0.2, 0) is 11.3 Å². The number of likely N-dealkylation sites (N-methyl/N-ethyl adjacent to an activating group) is 1. The van der Waals surface area contributed by atoms with E-state index in [0.29, 0.717) is 13.1 Å². The first-order valence-electron chi connectivity index (χ1n) is 7.22. The molecule has 3 nitrogen and oxygen atoms in total. The second kappa shape index (κ2) is 7.67. The molecule has 0 saturated carbocycles. The lowest BCUT2D eigenvalue weighted by atomic mass is 10.2. The summed E-state index contributed by atoms with van der Waals surface area (Å²) in [5, 5.41) is 2.51. The van der Waals surface area contributed by atoms with E-state index in [1.54, 1.807) is 4.90 Å². The van der Waals surface area contributed by atoms with Gasteiger partial charge in [-0.15, -0.1) is 0 Å². The summed E-state index contributed by atoms with van der Waals surface area (Å²) < 4.78 is 39.5. The molecule has 1 N–H and O–H groups in total. The molecule has 23 heavy (non-hydrogen) atoms. The molecule has 2 aromatic carbocycles. The molecule has 0 heterocycles. The van der Waals surface area contributed by atoms with Crippen LogP contribution < -0.4 is 5.32 Å². The zero-order valence-corrected chi connectivity index (χ0v) is 12.7. The minimum atomic E-state index is -1.56. The molecule has 0 bridgehead atoms. The molecular formula is C17H17F3N2O. The van der Waals surface area contributed by atoms with Crippen molar-refractivity contribution in [1.29, 1.82) is 0 Å². The molecule has 0 radical (unpaired) electrons. The number of nitrogens with zero attached hydrogens (tertiary/aromatic N) is 1. The van der Waals surface area contributed by atoms with Gasteiger partial charge in [-0.2, -0.15) is 0 Å². The van der Waals surface area contributed by atoms with Gasteiger partial charge in [-0.3, -0.25) is 4.79 Å². The van der Waals surface area contributed by atoms with Gasteiger partial charge >= 0.3 is 0 Å². The molecule has 0 spiro atoms. The van der Waals surface area contributed by atoms with E-state index >= 15 is 0 Å². The van der Waals surface area contributed by atoms with Gasteiger partial charge in [0.05, 0.1) is 12.2 Å². The standard InChI is InChI=1S/C17H17F3N2O/c1-2-22(11-12-6-4-3-5-7-12)15(23)10-21-14-9-8-13(18)16(19)17(14)20/h3-9,21H,2,10-11H2,1H3. The summed E-state index contributed by atoms with van der Waals surface area (Å²) in [7, 11) is 0. The molecule has 6 heteroatoms. The van der Waals surface area contributed by atoms with E-state index in [2.05, 4.69) is 5.32 Å². The molecule has 122 valence electrons. The van der Waals surface area contributed by atoms with Gasteiger partial charge in [-0.05, 0) is 24.6 Å². The van der Waals surface area contributed by atoms with Crippen molar-refractivity contribution in [3.05, 3.63) is 65.5 Å². The number of nitrogens with one attached hydrogen (secondary N) is 1. The Labute approximate surface area is 132 Å². The zero-order valence-electron chi connectivity index (χ0n) is 12.7. The lowest BCUT2D eigenvalue weighted by Crippen LogP contribution is -2.35. The van der Waals surface area contributed by atoms with Gasteiger partial charge in [-0.1, -0.05) is 30.3 Å². The number of carbonyl (C=O) groups excluding carboxylic acids is 1. The van der Waals surface area contributed by atoms with Crippen molar-refractivity contribution < 1.29 is 18.0 Å². The maximum absolute atomic E-state index is 13.5. The maximum Gasteiger partial charge on any atom is 0.242 e. The highest BCUT2D eigenvalue weighted by Gasteiger charge is 2.16. The van der Waals surface area contributed by atoms with Crippen LogP contribution in [0.4, 0.5) is 18.9 Å². The number of carbonyl (C=O) groups is 1. The van der Waals surface area contributed by atoms with Gasteiger partial charge in [-0.25, -0.2) is 13.2 Å². The number of rotatable bonds is 6. The second-order valence-electron chi connectivity index (χ2n) is 4.97. The maximum atomic E-state index is 13.5. The summed E-state index contributed by atoms with van der Waals surface area (Å²) in [6.07, 6.45) is 0. The van der Waals surface area contributed by atoms with E-state index in [4.69, 9.17) is 0 Å². The molecule has 0 atom stereocenters. The number of benzene rings is 2. The van der Waals surface area contributed by atoms with Crippen LogP contribution in [0, 0.1) is 17.5 Å². The van der Waals surface area contributed by atoms with Crippen LogP contribution in [0.15, 0.2) is 42.5 Å². The van der Waals surface area contributed by atoms with E-state index in [1.165, 1.54) is 0 Å². The van der Waals surface area contributed by atoms with Gasteiger partial charge < -0.3 is 10.2 Å². The average molecular weight is 322 g/mol. The Morgan fingerprint density at radius 3 is 2.39 bits per heavy atom. The summed E-state index contributed by atoms with van der Waals surface area (Å²) in [6.45, 7) is 2.54. The molecule has 0 aromatic heterocycles. The summed E-state index contributed by atoms with van der Waals surface area (Å²) in [5.41, 5.74) is 0.731. The monoisotopic (exact) mass is 322 g/mol. The number of amides is 1. The molecule has 0 aliphatic rings. The highest BCUT2D eigenvalue weighted by molar-refractivity contribution is 5.80. The molecule has 0 aliphatic heterocycles. The van der Waals surface area contributed by atoms with Crippen LogP contribution in [0.2, 0.25) is 0 Å². The van der Waals surface area contributed by atoms with Crippen molar-refractivity contribution in [1.82, 2.24) is 4.90 Å². The zero-order chi connectivity index (χ0) is 16.8. The van der Waals surface area contributed by atoms with Crippen molar-refractivity contribution in [2.24, 2.45) is 0 Å². The van der Waals surface area contributed by atoms with Gasteiger partial charge in [0.1, 0.15) is 0 Å². The van der Waals surface area contributed by atoms with Gasteiger partial charge in [0.2, 0.25) is 5.91 Å². The molecule has 2 rings (SSSR count). The Morgan fingerprint density at radius 1 is 1.04 bits per heavy atom. The third kappa shape index (κ3) is 4.25. The van der Waals surface area contributed by atoms with E-state index < -0.39 is 17.5 Å². The Morgan fingerprint density at radius 2 is 1.74 bits per heavy atom. The highest BCUT2D eigenvalue weighted by atomic mass is 19.2. The Kier molecular flexibility index (Phi) is 5.62. The smallest absolute Gasteiger partial charge is 0.242 e. The molecule has 0 aliphatic carbocycles. The van der Waals surface area contributed by atoms with Crippen molar-refractivity contribution in [2.45, 2.75) is 13.5 Å². The SMILES string of the molecule is CCN(Cc1ccccc1)C(=O)CNc1ccc(F)c(F)c1F. The Bertz CT molecular complexity index is 677. The molecule has 0 unspecified atom stereocenters. The fourth-order valence-electron chi connectivity index (χ4n) is 2.13. The molecule has 1 amide bonds. The van der Waals surface area contributed by atoms with Crippen LogP contribution in [0.25, 0.3) is 0 Å². The second-order valence-corrected chi connectivity index (χ2v) is 4.97. The van der Waals surface area contributed by atoms with Crippen LogP contribution >= 0.6 is 0 Å². The summed E-state index contributed by atoms with van der Waals surface area (Å²) >= 11 is 0. The minimum absolute atomic E-state index is 0.206. The number of halogens is 3. The fraction of sp³-hybridized carbons (Fsp3) is 0.235. The third-order valence-corrected chi connectivity index (χ3v) is 3.42. The first-order valence-corrected chi connectivity index (χ1v) is 7.22. The summed E-state index contributed by atoms with van der Waals surface area (Å²) in [5.74, 6) is -4.41. The van der Waals surface area contributed by atoms with E-state index in [-0.39, 0.29) is 18.1 Å². The number of anilines is 1. The van der Waals surface area contributed by atoms with Crippen LogP contribution in [-0.4, -0.2) is 23.9 Å². The van der Waals surface area contributed by atoms with Crippen molar-refractivity contribution in [2.75, 3.05) is 18.4 Å². The third-order valence-electron chi connectivity index (χ3n) is 3.42. The average Bonchev–Trinajstić information content (AvgIpc) is 2.57. The van der Waals surface area contributed by atoms with Crippen LogP contribution in [0.3, 0.4) is 0 Å². The first kappa shape index (κ1) is 16.9. The quantitative estimate of drug-likeness (QED) is 0.825. The minimum Gasteiger partial charge on any atom is -0.374 e. The summed E-state index contributed by atoms with van der Waals surface area (Å²) in [4.78, 5) is 13.8. The number of hydrogen-bond acceptors (Lipinski definition) is 2. The predicted octanol–water partition coefficient (Wildman–Crippen LogP) is 3.56. The molecule has 0 saturated heterocycles. The molecule has 2 aromatic rings. The van der Waals surface area contributed by atoms with Crippen LogP contribution in [0.5, 0.6) is 0 Å². The van der Waals surface area contributed by atoms with Gasteiger partial charge in [0, 0.05) is 13.1 Å². The predicted molar refractivity (Wildman–Crippen MR) is 82.3 cm³/mol. The van der Waals surface area contributed by atoms with E-state index in [9.17, 15) is 18.0 Å². The topological polar surface area (TPSA) is 32.3 Å². The fourth-order valence-corrected chi connectivity index (χ4v) is 2.13. The van der Waals surface area contributed by atoms with Crippen molar-refractivity contribution >= 4 is 11.6 Å². The lowest BCUT2D eigenvalue weighted by Gasteiger charge is -2.21. The van der Waals surface area contributed by atoms with Crippen molar-refractivity contribution in [3.8, 4) is 0 Å². The lowest BCUT2D eigenvalue weighted by molar-refractivity contribution is -0.129. The Hall–Kier alpha value is -2.50. The first-order chi connectivity index (χ1) is 11.0. The highest BCUT2D eigenvalue weighted by Crippen LogP contribution is 2.19. The largest absolute Gasteiger partial charge is 0.374 e. The van der Waals surface area contributed by atoms with E-state index in [1.807, 2.05) is 37.3 Å². The number of hydrogen-bond donors (Lipinski definition) is 1. The molecular weight excluding hydrogens is 305 g/mol. The van der Waals surface area contributed by atoms with E-state index in [0.717, 1.165) is 17.7 Å². The molecule has 0 fully saturated rings. The normalized spacial score (nSPS) is 10.4.